The van der Waals surface area contributed by atoms with Crippen LogP contribution in [0.1, 0.15) is 310 Å². The maximum atomic E-state index is 13.4. The number of ether oxygens (including phenoxy) is 1. The first kappa shape index (κ1) is 57.6. The largest absolute Gasteiger partial charge is 0.465 e. The van der Waals surface area contributed by atoms with Crippen molar-refractivity contribution in [2.24, 2.45) is 5.92 Å². The van der Waals surface area contributed by atoms with E-state index in [1.54, 1.807) is 0 Å². The van der Waals surface area contributed by atoms with Crippen LogP contribution in [0.4, 0.5) is 0 Å². The molecule has 3 nitrogen and oxygen atoms in total. The Labute approximate surface area is 371 Å². The van der Waals surface area contributed by atoms with E-state index in [1.165, 1.54) is 231 Å². The molecule has 3 heteroatoms. The molecule has 1 atom stereocenters. The quantitative estimate of drug-likeness (QED) is 0.0266. The zero-order chi connectivity index (χ0) is 42.8. The third-order valence-corrected chi connectivity index (χ3v) is 12.6. The maximum absolute atomic E-state index is 13.4. The zero-order valence-electron chi connectivity index (χ0n) is 40.6. The van der Waals surface area contributed by atoms with E-state index in [1.807, 2.05) is 0 Å². The molecule has 0 heterocycles. The molecule has 0 N–H and O–H groups in total. The lowest BCUT2D eigenvalue weighted by atomic mass is 9.93. The van der Waals surface area contributed by atoms with Crippen LogP contribution in [0, 0.1) is 5.92 Å². The van der Waals surface area contributed by atoms with Gasteiger partial charge in [0.25, 0.3) is 0 Å². The first-order valence-electron chi connectivity index (χ1n) is 27.2. The van der Waals surface area contributed by atoms with Crippen molar-refractivity contribution in [3.63, 3.8) is 0 Å². The fraction of sp³-hybridized carbons (Fsp3) is 0.893. The van der Waals surface area contributed by atoms with Gasteiger partial charge in [0.15, 0.2) is 0 Å². The molecule has 0 aliphatic rings. The van der Waals surface area contributed by atoms with Gasteiger partial charge in [0.2, 0.25) is 0 Å². The van der Waals surface area contributed by atoms with Gasteiger partial charge in [-0.2, -0.15) is 0 Å². The van der Waals surface area contributed by atoms with Crippen LogP contribution >= 0.6 is 0 Å². The minimum absolute atomic E-state index is 0.134. The van der Waals surface area contributed by atoms with E-state index in [0.29, 0.717) is 19.4 Å². The number of ketones is 1. The van der Waals surface area contributed by atoms with Crippen LogP contribution in [-0.4, -0.2) is 18.4 Å². The van der Waals surface area contributed by atoms with Crippen molar-refractivity contribution in [2.75, 3.05) is 6.61 Å². The number of hydrogen-bond donors (Lipinski definition) is 0. The lowest BCUT2D eigenvalue weighted by molar-refractivity contribution is -0.152. The summed E-state index contributed by atoms with van der Waals surface area (Å²) in [7, 11) is 0. The molecule has 0 aromatic heterocycles. The van der Waals surface area contributed by atoms with Gasteiger partial charge in [0.05, 0.1) is 6.61 Å². The van der Waals surface area contributed by atoms with Gasteiger partial charge in [-0.3, -0.25) is 9.59 Å². The fourth-order valence-corrected chi connectivity index (χ4v) is 8.47. The normalized spacial score (nSPS) is 12.3. The molecule has 0 aromatic carbocycles. The van der Waals surface area contributed by atoms with E-state index in [0.717, 1.165) is 44.9 Å². The highest BCUT2D eigenvalue weighted by Crippen LogP contribution is 2.20. The Morgan fingerprint density at radius 1 is 0.339 bits per heavy atom. The molecule has 0 saturated heterocycles. The van der Waals surface area contributed by atoms with Gasteiger partial charge in [-0.05, 0) is 70.6 Å². The van der Waals surface area contributed by atoms with Crippen molar-refractivity contribution in [1.29, 1.82) is 0 Å². The van der Waals surface area contributed by atoms with Crippen LogP contribution in [0.25, 0.3) is 0 Å². The van der Waals surface area contributed by atoms with Crippen molar-refractivity contribution < 1.29 is 14.3 Å². The molecule has 59 heavy (non-hydrogen) atoms. The summed E-state index contributed by atoms with van der Waals surface area (Å²) in [4.78, 5) is 26.6. The van der Waals surface area contributed by atoms with E-state index in [4.69, 9.17) is 4.74 Å². The summed E-state index contributed by atoms with van der Waals surface area (Å²) in [6.07, 6.45) is 66.1. The van der Waals surface area contributed by atoms with Gasteiger partial charge in [0.1, 0.15) is 11.7 Å². The summed E-state index contributed by atoms with van der Waals surface area (Å²) in [6, 6.07) is 0. The van der Waals surface area contributed by atoms with Gasteiger partial charge in [-0.1, -0.05) is 257 Å². The van der Waals surface area contributed by atoms with Crippen LogP contribution in [0.15, 0.2) is 24.3 Å². The first-order valence-corrected chi connectivity index (χ1v) is 27.2. The summed E-state index contributed by atoms with van der Waals surface area (Å²) in [6.45, 7) is 7.32. The van der Waals surface area contributed by atoms with E-state index >= 15 is 0 Å². The minimum Gasteiger partial charge on any atom is -0.465 e. The number of carbonyl (C=O) groups is 2. The second-order valence-electron chi connectivity index (χ2n) is 18.6. The SMILES string of the molecule is CCCCCCCC/C=C\CCCCCCCCCCCC(=O)C(CCCCCC/C=C\CCCCCCCC)C(=O)OCCCCCCCCCCCCCCCC. The Morgan fingerprint density at radius 3 is 0.949 bits per heavy atom. The molecular weight excluding hydrogens is 721 g/mol. The van der Waals surface area contributed by atoms with Crippen LogP contribution in [-0.2, 0) is 14.3 Å². The second kappa shape index (κ2) is 51.0. The van der Waals surface area contributed by atoms with Crippen molar-refractivity contribution in [1.82, 2.24) is 0 Å². The molecule has 0 amide bonds. The van der Waals surface area contributed by atoms with Crippen molar-refractivity contribution >= 4 is 11.8 Å². The molecule has 0 saturated carbocycles. The molecule has 0 spiro atoms. The average Bonchev–Trinajstić information content (AvgIpc) is 3.24. The molecule has 0 aliphatic heterocycles. The summed E-state index contributed by atoms with van der Waals surface area (Å²) < 4.78 is 5.77. The molecular formula is C56H106O3. The standard InChI is InChI=1S/C56H106O3/c1-4-7-10-13-16-19-22-25-28-29-30-31-32-34-37-40-43-46-49-52-55(57)54(51-48-45-42-39-36-33-26-23-20-17-14-11-8-5-2)56(58)59-53-50-47-44-41-38-35-27-24-21-18-15-12-9-6-3/h25-26,28,33,54H,4-24,27,29-32,34-53H2,1-3H3/b28-25-,33-26-. The molecule has 1 unspecified atom stereocenters. The number of rotatable bonds is 50. The topological polar surface area (TPSA) is 43.4 Å². The Hall–Kier alpha value is -1.38. The van der Waals surface area contributed by atoms with Crippen LogP contribution in [0.2, 0.25) is 0 Å². The number of allylic oxidation sites excluding steroid dienone is 4. The maximum Gasteiger partial charge on any atom is 0.316 e. The Morgan fingerprint density at radius 2 is 0.610 bits per heavy atom. The van der Waals surface area contributed by atoms with Gasteiger partial charge in [-0.15, -0.1) is 0 Å². The van der Waals surface area contributed by atoms with E-state index in [-0.39, 0.29) is 11.8 Å². The summed E-state index contributed by atoms with van der Waals surface area (Å²) in [5.41, 5.74) is 0. The molecule has 0 aliphatic carbocycles. The highest BCUT2D eigenvalue weighted by Gasteiger charge is 2.27. The second-order valence-corrected chi connectivity index (χ2v) is 18.6. The zero-order valence-corrected chi connectivity index (χ0v) is 40.6. The molecule has 0 bridgehead atoms. The number of carbonyl (C=O) groups excluding carboxylic acids is 2. The Balaban J connectivity index is 4.24. The van der Waals surface area contributed by atoms with Gasteiger partial charge >= 0.3 is 5.97 Å². The van der Waals surface area contributed by atoms with E-state index in [9.17, 15) is 9.59 Å². The summed E-state index contributed by atoms with van der Waals surface area (Å²) >= 11 is 0. The third-order valence-electron chi connectivity index (χ3n) is 12.6. The molecule has 348 valence electrons. The van der Waals surface area contributed by atoms with Crippen LogP contribution in [0.3, 0.4) is 0 Å². The number of esters is 1. The molecule has 0 aromatic rings. The Kier molecular flexibility index (Phi) is 49.8. The Bertz CT molecular complexity index is 890. The van der Waals surface area contributed by atoms with E-state index < -0.39 is 5.92 Å². The van der Waals surface area contributed by atoms with Gasteiger partial charge < -0.3 is 4.74 Å². The predicted octanol–water partition coefficient (Wildman–Crippen LogP) is 19.4. The number of Topliss-reactive ketones (excluding diaryl/α,β-unsaturated/α-hetero) is 1. The smallest absolute Gasteiger partial charge is 0.316 e. The van der Waals surface area contributed by atoms with Gasteiger partial charge in [-0.25, -0.2) is 0 Å². The first-order chi connectivity index (χ1) is 29.2. The summed E-state index contributed by atoms with van der Waals surface area (Å²) in [5, 5.41) is 0. The average molecular weight is 827 g/mol. The van der Waals surface area contributed by atoms with E-state index in [2.05, 4.69) is 45.1 Å². The highest BCUT2D eigenvalue weighted by molar-refractivity contribution is 5.98. The van der Waals surface area contributed by atoms with Gasteiger partial charge in [0, 0.05) is 6.42 Å². The van der Waals surface area contributed by atoms with Crippen LogP contribution in [0.5, 0.6) is 0 Å². The van der Waals surface area contributed by atoms with Crippen molar-refractivity contribution in [3.8, 4) is 0 Å². The highest BCUT2D eigenvalue weighted by atomic mass is 16.5. The third kappa shape index (κ3) is 46.0. The van der Waals surface area contributed by atoms with Crippen molar-refractivity contribution in [3.05, 3.63) is 24.3 Å². The predicted molar refractivity (Wildman–Crippen MR) is 263 cm³/mol. The number of unbranched alkanes of at least 4 members (excludes halogenated alkanes) is 38. The monoisotopic (exact) mass is 827 g/mol. The minimum atomic E-state index is -0.552. The summed E-state index contributed by atoms with van der Waals surface area (Å²) in [5.74, 6) is -0.658. The fourth-order valence-electron chi connectivity index (χ4n) is 8.47. The molecule has 0 radical (unpaired) electrons. The van der Waals surface area contributed by atoms with Crippen molar-refractivity contribution in [2.45, 2.75) is 310 Å². The van der Waals surface area contributed by atoms with Crippen LogP contribution < -0.4 is 0 Å². The molecule has 0 rings (SSSR count). The number of hydrogen-bond acceptors (Lipinski definition) is 3. The lowest BCUT2D eigenvalue weighted by Gasteiger charge is -2.15. The lowest BCUT2D eigenvalue weighted by Crippen LogP contribution is -2.26. The molecule has 0 fully saturated rings.